The number of carboxylic acids is 1. The summed E-state index contributed by atoms with van der Waals surface area (Å²) < 4.78 is 10.7. The molecular formula is C19H16N2O5. The molecule has 0 saturated heterocycles. The van der Waals surface area contributed by atoms with Crippen molar-refractivity contribution in [1.82, 2.24) is 5.01 Å². The molecule has 0 bridgehead atoms. The summed E-state index contributed by atoms with van der Waals surface area (Å²) in [5.41, 5.74) is 2.68. The first-order valence-corrected chi connectivity index (χ1v) is 8.13. The summed E-state index contributed by atoms with van der Waals surface area (Å²) in [6.07, 6.45) is 0.533. The van der Waals surface area contributed by atoms with Crippen molar-refractivity contribution < 1.29 is 24.2 Å². The minimum atomic E-state index is -0.983. The number of hydrazone groups is 1. The average molecular weight is 352 g/mol. The van der Waals surface area contributed by atoms with Crippen LogP contribution in [0.25, 0.3) is 0 Å². The molecule has 7 heteroatoms. The monoisotopic (exact) mass is 352 g/mol. The van der Waals surface area contributed by atoms with Gasteiger partial charge in [-0.2, -0.15) is 5.10 Å². The van der Waals surface area contributed by atoms with Crippen LogP contribution in [0.4, 0.5) is 0 Å². The largest absolute Gasteiger partial charge is 0.478 e. The van der Waals surface area contributed by atoms with Crippen molar-refractivity contribution >= 4 is 17.6 Å². The molecule has 0 aromatic heterocycles. The molecule has 1 amide bonds. The molecule has 0 spiro atoms. The highest BCUT2D eigenvalue weighted by molar-refractivity contribution is 6.03. The number of nitrogens with zero attached hydrogens (tertiary/aromatic N) is 2. The van der Waals surface area contributed by atoms with Crippen LogP contribution in [0.15, 0.2) is 47.6 Å². The molecule has 0 saturated carbocycles. The third-order valence-corrected chi connectivity index (χ3v) is 4.48. The van der Waals surface area contributed by atoms with Crippen LogP contribution < -0.4 is 9.47 Å². The number of amides is 1. The molecule has 7 nitrogen and oxygen atoms in total. The van der Waals surface area contributed by atoms with Crippen molar-refractivity contribution in [3.8, 4) is 11.5 Å². The maximum absolute atomic E-state index is 12.0. The van der Waals surface area contributed by atoms with Gasteiger partial charge >= 0.3 is 5.97 Å². The fourth-order valence-electron chi connectivity index (χ4n) is 3.16. The van der Waals surface area contributed by atoms with E-state index in [9.17, 15) is 9.59 Å². The molecule has 2 aromatic rings. The van der Waals surface area contributed by atoms with Gasteiger partial charge in [-0.25, -0.2) is 9.80 Å². The van der Waals surface area contributed by atoms with Crippen LogP contribution in [-0.2, 0) is 4.79 Å². The maximum Gasteiger partial charge on any atom is 0.335 e. The highest BCUT2D eigenvalue weighted by Gasteiger charge is 2.32. The van der Waals surface area contributed by atoms with Gasteiger partial charge in [-0.3, -0.25) is 4.79 Å². The van der Waals surface area contributed by atoms with Crippen molar-refractivity contribution in [2.75, 3.05) is 6.79 Å². The summed E-state index contributed by atoms with van der Waals surface area (Å²) in [7, 11) is 0. The van der Waals surface area contributed by atoms with Gasteiger partial charge in [0.2, 0.25) is 12.7 Å². The molecule has 4 rings (SSSR count). The van der Waals surface area contributed by atoms with Crippen molar-refractivity contribution in [2.45, 2.75) is 19.4 Å². The number of ether oxygens (including phenoxy) is 2. The number of hydrogen-bond acceptors (Lipinski definition) is 5. The molecule has 2 aliphatic rings. The molecule has 0 radical (unpaired) electrons. The summed E-state index contributed by atoms with van der Waals surface area (Å²) in [6, 6.07) is 11.8. The fourth-order valence-corrected chi connectivity index (χ4v) is 3.16. The fraction of sp³-hybridized carbons (Fsp3) is 0.211. The highest BCUT2D eigenvalue weighted by Crippen LogP contribution is 2.37. The Labute approximate surface area is 149 Å². The number of carbonyl (C=O) groups excluding carboxylic acids is 1. The Bertz CT molecular complexity index is 920. The Morgan fingerprint density at radius 1 is 1.12 bits per heavy atom. The summed E-state index contributed by atoms with van der Waals surface area (Å²) >= 11 is 0. The minimum absolute atomic E-state index is 0.173. The van der Waals surface area contributed by atoms with Crippen molar-refractivity contribution in [2.24, 2.45) is 5.10 Å². The Hall–Kier alpha value is -3.35. The third kappa shape index (κ3) is 2.77. The molecule has 26 heavy (non-hydrogen) atoms. The predicted molar refractivity (Wildman–Crippen MR) is 92.4 cm³/mol. The predicted octanol–water partition coefficient (Wildman–Crippen LogP) is 2.81. The van der Waals surface area contributed by atoms with E-state index in [1.165, 1.54) is 24.1 Å². The molecule has 2 aliphatic heterocycles. The first kappa shape index (κ1) is 16.1. The lowest BCUT2D eigenvalue weighted by Gasteiger charge is -2.20. The maximum atomic E-state index is 12.0. The second-order valence-corrected chi connectivity index (χ2v) is 6.13. The second kappa shape index (κ2) is 6.18. The van der Waals surface area contributed by atoms with E-state index in [4.69, 9.17) is 14.6 Å². The summed E-state index contributed by atoms with van der Waals surface area (Å²) in [6.45, 7) is 1.66. The van der Waals surface area contributed by atoms with Crippen LogP contribution in [0.5, 0.6) is 11.5 Å². The standard InChI is InChI=1S/C19H16N2O5/c1-11(22)21-16(12-2-4-13(5-3-12)19(23)24)9-15(20-21)14-6-7-17-18(8-14)26-10-25-17/h2-8,16H,9-10H2,1H3,(H,23,24)/t16-/m0/s1. The van der Waals surface area contributed by atoms with Gasteiger partial charge in [0.25, 0.3) is 0 Å². The molecule has 1 atom stereocenters. The van der Waals surface area contributed by atoms with Gasteiger partial charge < -0.3 is 14.6 Å². The molecule has 1 N–H and O–H groups in total. The number of fused-ring (bicyclic) bond motifs is 1. The summed E-state index contributed by atoms with van der Waals surface area (Å²) in [4.78, 5) is 23.1. The lowest BCUT2D eigenvalue weighted by atomic mass is 9.97. The first-order chi connectivity index (χ1) is 12.5. The van der Waals surface area contributed by atoms with Crippen LogP contribution in [-0.4, -0.2) is 34.5 Å². The summed E-state index contributed by atoms with van der Waals surface area (Å²) in [5.74, 6) is 0.196. The Morgan fingerprint density at radius 2 is 1.85 bits per heavy atom. The van der Waals surface area contributed by atoms with Crippen molar-refractivity contribution in [1.29, 1.82) is 0 Å². The van der Waals surface area contributed by atoms with E-state index in [2.05, 4.69) is 5.10 Å². The van der Waals surface area contributed by atoms with Gasteiger partial charge in [-0.15, -0.1) is 0 Å². The zero-order chi connectivity index (χ0) is 18.3. The number of benzene rings is 2. The van der Waals surface area contributed by atoms with Gasteiger partial charge in [0, 0.05) is 18.9 Å². The molecule has 132 valence electrons. The highest BCUT2D eigenvalue weighted by atomic mass is 16.7. The average Bonchev–Trinajstić information content (AvgIpc) is 3.28. The van der Waals surface area contributed by atoms with E-state index in [1.807, 2.05) is 18.2 Å². The number of rotatable bonds is 3. The molecule has 2 aromatic carbocycles. The summed E-state index contributed by atoms with van der Waals surface area (Å²) in [5, 5.41) is 15.0. The van der Waals surface area contributed by atoms with Crippen LogP contribution in [0.2, 0.25) is 0 Å². The number of aromatic carboxylic acids is 1. The molecule has 0 aliphatic carbocycles. The van der Waals surface area contributed by atoms with Crippen LogP contribution in [0.3, 0.4) is 0 Å². The van der Waals surface area contributed by atoms with Crippen LogP contribution in [0.1, 0.15) is 40.9 Å². The van der Waals surface area contributed by atoms with E-state index in [0.717, 1.165) is 16.8 Å². The third-order valence-electron chi connectivity index (χ3n) is 4.48. The van der Waals surface area contributed by atoms with E-state index in [1.54, 1.807) is 12.1 Å². The van der Waals surface area contributed by atoms with Crippen LogP contribution >= 0.6 is 0 Å². The zero-order valence-electron chi connectivity index (χ0n) is 14.0. The smallest absolute Gasteiger partial charge is 0.335 e. The number of carboxylic acid groups (broad SMARTS) is 1. The van der Waals surface area contributed by atoms with Gasteiger partial charge in [0.15, 0.2) is 11.5 Å². The van der Waals surface area contributed by atoms with Gasteiger partial charge in [0.1, 0.15) is 0 Å². The van der Waals surface area contributed by atoms with Gasteiger partial charge in [-0.1, -0.05) is 12.1 Å². The Balaban J connectivity index is 1.64. The molecular weight excluding hydrogens is 336 g/mol. The first-order valence-electron chi connectivity index (χ1n) is 8.13. The van der Waals surface area contributed by atoms with Crippen LogP contribution in [0, 0.1) is 0 Å². The normalized spacial score (nSPS) is 18.0. The van der Waals surface area contributed by atoms with E-state index in [-0.39, 0.29) is 24.3 Å². The SMILES string of the molecule is CC(=O)N1N=C(c2ccc3c(c2)OCO3)C[C@H]1c1ccc(C(=O)O)cc1. The number of hydrogen-bond donors (Lipinski definition) is 1. The number of carbonyl (C=O) groups is 2. The topological polar surface area (TPSA) is 88.4 Å². The molecule has 2 heterocycles. The molecule has 0 fully saturated rings. The van der Waals surface area contributed by atoms with Gasteiger partial charge in [0.05, 0.1) is 17.3 Å². The molecule has 0 unspecified atom stereocenters. The van der Waals surface area contributed by atoms with E-state index < -0.39 is 5.97 Å². The lowest BCUT2D eigenvalue weighted by molar-refractivity contribution is -0.130. The quantitative estimate of drug-likeness (QED) is 0.918. The second-order valence-electron chi connectivity index (χ2n) is 6.13. The van der Waals surface area contributed by atoms with Crippen molar-refractivity contribution in [3.63, 3.8) is 0 Å². The minimum Gasteiger partial charge on any atom is -0.478 e. The lowest BCUT2D eigenvalue weighted by Crippen LogP contribution is -2.24. The van der Waals surface area contributed by atoms with Gasteiger partial charge in [-0.05, 0) is 35.9 Å². The zero-order valence-corrected chi connectivity index (χ0v) is 14.0. The Kier molecular flexibility index (Phi) is 3.84. The van der Waals surface area contributed by atoms with E-state index in [0.29, 0.717) is 17.9 Å². The van der Waals surface area contributed by atoms with Crippen molar-refractivity contribution in [3.05, 3.63) is 59.2 Å². The Morgan fingerprint density at radius 3 is 2.54 bits per heavy atom. The van der Waals surface area contributed by atoms with E-state index >= 15 is 0 Å².